The molecular weight excluding hydrogens is 306 g/mol. The number of nitro groups is 1. The number of methoxy groups -OCH3 is 1. The van der Waals surface area contributed by atoms with Crippen LogP contribution in [0.15, 0.2) is 48.8 Å². The Bertz CT molecular complexity index is 820. The second kappa shape index (κ2) is 5.63. The number of aromatic nitrogens is 1. The average Bonchev–Trinajstić information content (AvgIpc) is 3.10. The van der Waals surface area contributed by atoms with Crippen molar-refractivity contribution in [3.05, 3.63) is 70.1 Å². The molecule has 0 radical (unpaired) electrons. The van der Waals surface area contributed by atoms with Crippen LogP contribution in [0.2, 0.25) is 0 Å². The molecule has 2 aliphatic rings. The Morgan fingerprint density at radius 1 is 1.42 bits per heavy atom. The molecule has 0 amide bonds. The number of non-ortho nitro benzene ring substituents is 1. The van der Waals surface area contributed by atoms with E-state index in [9.17, 15) is 10.1 Å². The Kier molecular flexibility index (Phi) is 3.45. The third kappa shape index (κ3) is 2.22. The van der Waals surface area contributed by atoms with E-state index in [1.165, 1.54) is 13.2 Å². The summed E-state index contributed by atoms with van der Waals surface area (Å²) in [7, 11) is 1.54. The van der Waals surface area contributed by atoms with E-state index in [0.717, 1.165) is 23.2 Å². The second-order valence-electron chi connectivity index (χ2n) is 6.13. The maximum atomic E-state index is 11.2. The molecule has 0 bridgehead atoms. The lowest BCUT2D eigenvalue weighted by molar-refractivity contribution is -0.385. The Hall–Kier alpha value is -2.89. The summed E-state index contributed by atoms with van der Waals surface area (Å²) in [5.41, 5.74) is 2.94. The lowest BCUT2D eigenvalue weighted by atomic mass is 9.77. The van der Waals surface area contributed by atoms with E-state index in [2.05, 4.69) is 28.5 Å². The van der Waals surface area contributed by atoms with Gasteiger partial charge in [-0.2, -0.15) is 0 Å². The number of fused-ring (bicyclic) bond motifs is 3. The van der Waals surface area contributed by atoms with Crippen LogP contribution in [0.3, 0.4) is 0 Å². The molecular formula is C18H17N3O3. The van der Waals surface area contributed by atoms with Crippen LogP contribution in [0, 0.1) is 16.0 Å². The fraction of sp³-hybridized carbons (Fsp3) is 0.278. The van der Waals surface area contributed by atoms with Crippen LogP contribution >= 0.6 is 0 Å². The number of allylic oxidation sites excluding steroid dienone is 2. The van der Waals surface area contributed by atoms with E-state index in [0.29, 0.717) is 11.7 Å². The van der Waals surface area contributed by atoms with E-state index >= 15 is 0 Å². The molecule has 2 heterocycles. The van der Waals surface area contributed by atoms with Gasteiger partial charge in [-0.1, -0.05) is 18.2 Å². The maximum absolute atomic E-state index is 11.2. The lowest BCUT2D eigenvalue weighted by Gasteiger charge is -2.37. The monoisotopic (exact) mass is 323 g/mol. The van der Waals surface area contributed by atoms with E-state index in [4.69, 9.17) is 4.74 Å². The number of nitro benzene ring substituents is 1. The van der Waals surface area contributed by atoms with Crippen molar-refractivity contribution >= 4 is 11.4 Å². The van der Waals surface area contributed by atoms with Crippen molar-refractivity contribution in [2.45, 2.75) is 18.4 Å². The zero-order valence-electron chi connectivity index (χ0n) is 13.2. The molecule has 122 valence electrons. The van der Waals surface area contributed by atoms with E-state index in [1.807, 2.05) is 12.3 Å². The molecule has 0 saturated heterocycles. The van der Waals surface area contributed by atoms with Gasteiger partial charge in [0.05, 0.1) is 29.8 Å². The summed E-state index contributed by atoms with van der Waals surface area (Å²) in [5.74, 6) is 0.959. The van der Waals surface area contributed by atoms with Crippen LogP contribution in [0.1, 0.15) is 29.5 Å². The SMILES string of the molecule is COc1cc([N+](=O)[O-])cc2c1N[C@H](c1cccnc1)[C@@H]1CC=C[C@@H]21. The highest BCUT2D eigenvalue weighted by Gasteiger charge is 2.40. The molecule has 3 atom stereocenters. The van der Waals surface area contributed by atoms with Crippen LogP contribution in [0.25, 0.3) is 0 Å². The number of rotatable bonds is 3. The molecule has 1 aliphatic heterocycles. The van der Waals surface area contributed by atoms with Gasteiger partial charge < -0.3 is 10.1 Å². The van der Waals surface area contributed by atoms with Crippen molar-refractivity contribution in [2.75, 3.05) is 12.4 Å². The quantitative estimate of drug-likeness (QED) is 0.528. The Labute approximate surface area is 139 Å². The first kappa shape index (κ1) is 14.7. The van der Waals surface area contributed by atoms with Gasteiger partial charge >= 0.3 is 0 Å². The smallest absolute Gasteiger partial charge is 0.273 e. The minimum absolute atomic E-state index is 0.0614. The fourth-order valence-corrected chi connectivity index (χ4v) is 3.81. The van der Waals surface area contributed by atoms with Gasteiger partial charge in [0.15, 0.2) is 0 Å². The first-order chi connectivity index (χ1) is 11.7. The molecule has 1 N–H and O–H groups in total. The predicted molar refractivity (Wildman–Crippen MR) is 90.2 cm³/mol. The summed E-state index contributed by atoms with van der Waals surface area (Å²) in [6.07, 6.45) is 8.86. The van der Waals surface area contributed by atoms with E-state index < -0.39 is 0 Å². The van der Waals surface area contributed by atoms with Gasteiger partial charge in [-0.25, -0.2) is 0 Å². The van der Waals surface area contributed by atoms with Crippen LogP contribution in [0.5, 0.6) is 5.75 Å². The Morgan fingerprint density at radius 3 is 3.00 bits per heavy atom. The molecule has 4 rings (SSSR count). The number of ether oxygens (including phenoxy) is 1. The molecule has 6 heteroatoms. The maximum Gasteiger partial charge on any atom is 0.273 e. The van der Waals surface area contributed by atoms with Gasteiger partial charge in [0, 0.05) is 24.4 Å². The number of nitrogens with one attached hydrogen (secondary N) is 1. The van der Waals surface area contributed by atoms with Crippen molar-refractivity contribution < 1.29 is 9.66 Å². The van der Waals surface area contributed by atoms with Crippen LogP contribution in [-0.2, 0) is 0 Å². The Morgan fingerprint density at radius 2 is 2.29 bits per heavy atom. The van der Waals surface area contributed by atoms with Gasteiger partial charge in [-0.15, -0.1) is 0 Å². The third-order valence-corrected chi connectivity index (χ3v) is 4.89. The molecule has 0 unspecified atom stereocenters. The summed E-state index contributed by atoms with van der Waals surface area (Å²) >= 11 is 0. The zero-order valence-corrected chi connectivity index (χ0v) is 13.2. The molecule has 0 saturated carbocycles. The van der Waals surface area contributed by atoms with Gasteiger partial charge in [0.25, 0.3) is 5.69 Å². The zero-order chi connectivity index (χ0) is 16.7. The van der Waals surface area contributed by atoms with Gasteiger partial charge in [0.1, 0.15) is 5.75 Å². The van der Waals surface area contributed by atoms with Crippen molar-refractivity contribution in [2.24, 2.45) is 5.92 Å². The minimum Gasteiger partial charge on any atom is -0.494 e. The summed E-state index contributed by atoms with van der Waals surface area (Å²) in [5, 5.41) is 14.8. The summed E-state index contributed by atoms with van der Waals surface area (Å²) in [4.78, 5) is 15.1. The minimum atomic E-state index is -0.371. The van der Waals surface area contributed by atoms with Crippen molar-refractivity contribution in [3.8, 4) is 5.75 Å². The van der Waals surface area contributed by atoms with Crippen LogP contribution < -0.4 is 10.1 Å². The van der Waals surface area contributed by atoms with Crippen molar-refractivity contribution in [1.82, 2.24) is 4.98 Å². The number of benzene rings is 1. The Balaban J connectivity index is 1.86. The number of pyridine rings is 1. The van der Waals surface area contributed by atoms with Gasteiger partial charge in [-0.05, 0) is 29.5 Å². The number of anilines is 1. The largest absolute Gasteiger partial charge is 0.494 e. The van der Waals surface area contributed by atoms with Gasteiger partial charge in [0.2, 0.25) is 0 Å². The van der Waals surface area contributed by atoms with Crippen molar-refractivity contribution in [3.63, 3.8) is 0 Å². The predicted octanol–water partition coefficient (Wildman–Crippen LogP) is 3.82. The number of nitrogens with zero attached hydrogens (tertiary/aromatic N) is 2. The van der Waals surface area contributed by atoms with E-state index in [-0.39, 0.29) is 22.6 Å². The highest BCUT2D eigenvalue weighted by Crippen LogP contribution is 2.53. The molecule has 24 heavy (non-hydrogen) atoms. The fourth-order valence-electron chi connectivity index (χ4n) is 3.81. The average molecular weight is 323 g/mol. The molecule has 2 aromatic rings. The third-order valence-electron chi connectivity index (χ3n) is 4.89. The summed E-state index contributed by atoms with van der Waals surface area (Å²) < 4.78 is 5.43. The summed E-state index contributed by atoms with van der Waals surface area (Å²) in [6, 6.07) is 7.23. The van der Waals surface area contributed by atoms with Gasteiger partial charge in [-0.3, -0.25) is 15.1 Å². The first-order valence-electron chi connectivity index (χ1n) is 7.88. The number of hydrogen-bond donors (Lipinski definition) is 1. The molecule has 6 nitrogen and oxygen atoms in total. The van der Waals surface area contributed by atoms with Crippen molar-refractivity contribution in [1.29, 1.82) is 0 Å². The molecule has 1 aliphatic carbocycles. The second-order valence-corrected chi connectivity index (χ2v) is 6.13. The normalized spacial score (nSPS) is 24.0. The molecule has 1 aromatic carbocycles. The molecule has 0 spiro atoms. The van der Waals surface area contributed by atoms with E-state index in [1.54, 1.807) is 12.3 Å². The highest BCUT2D eigenvalue weighted by atomic mass is 16.6. The molecule has 1 aromatic heterocycles. The lowest BCUT2D eigenvalue weighted by Crippen LogP contribution is -2.29. The van der Waals surface area contributed by atoms with Crippen LogP contribution in [-0.4, -0.2) is 17.0 Å². The highest BCUT2D eigenvalue weighted by molar-refractivity contribution is 5.71. The van der Waals surface area contributed by atoms with Crippen LogP contribution in [0.4, 0.5) is 11.4 Å². The number of hydrogen-bond acceptors (Lipinski definition) is 5. The topological polar surface area (TPSA) is 77.3 Å². The first-order valence-corrected chi connectivity index (χ1v) is 7.88. The standard InChI is InChI=1S/C18H17N3O3/c1-24-16-9-12(21(22)23)8-15-13-5-2-6-14(13)17(20-18(15)16)11-4-3-7-19-10-11/h2-5,7-10,13-14,17,20H,6H2,1H3/t13-,14-,17-/m1/s1. The molecule has 0 fully saturated rings. The summed E-state index contributed by atoms with van der Waals surface area (Å²) in [6.45, 7) is 0.